The van der Waals surface area contributed by atoms with E-state index in [2.05, 4.69) is 25.3 Å². The Bertz CT molecular complexity index is 540. The Balaban J connectivity index is 2.97. The minimum Gasteiger partial charge on any atom is -0.491 e. The lowest BCUT2D eigenvalue weighted by Gasteiger charge is -2.19. The van der Waals surface area contributed by atoms with E-state index in [-0.39, 0.29) is 5.78 Å². The van der Waals surface area contributed by atoms with E-state index in [1.807, 2.05) is 6.92 Å². The van der Waals surface area contributed by atoms with Gasteiger partial charge in [0.25, 0.3) is 0 Å². The second-order valence-electron chi connectivity index (χ2n) is 4.92. The predicted molar refractivity (Wildman–Crippen MR) is 93.5 cm³/mol. The van der Waals surface area contributed by atoms with Gasteiger partial charge in [-0.3, -0.25) is 4.79 Å². The van der Waals surface area contributed by atoms with Gasteiger partial charge < -0.3 is 9.64 Å². The van der Waals surface area contributed by atoms with Crippen LogP contribution in [0.1, 0.15) is 37.6 Å². The average molecular weight is 344 g/mol. The molecule has 0 aromatic heterocycles. The molecule has 3 nitrogen and oxygen atoms in total. The van der Waals surface area contributed by atoms with Gasteiger partial charge in [-0.05, 0) is 37.2 Å². The number of likely N-dealkylation sites (N-methyl/N-ethyl adjacent to an activating group) is 1. The highest BCUT2D eigenvalue weighted by Crippen LogP contribution is 2.33. The number of hydrogen-bond donors (Lipinski definition) is 0. The third kappa shape index (κ3) is 5.01. The number of halogens is 2. The first-order valence-electron chi connectivity index (χ1n) is 7.51. The Morgan fingerprint density at radius 1 is 1.23 bits per heavy atom. The first-order chi connectivity index (χ1) is 10.4. The molecule has 0 radical (unpaired) electrons. The molecule has 0 N–H and O–H groups in total. The van der Waals surface area contributed by atoms with Crippen LogP contribution in [0.2, 0.25) is 10.0 Å². The summed E-state index contributed by atoms with van der Waals surface area (Å²) >= 11 is 12.2. The van der Waals surface area contributed by atoms with Crippen molar-refractivity contribution in [1.29, 1.82) is 0 Å². The summed E-state index contributed by atoms with van der Waals surface area (Å²) in [5.41, 5.74) is 0.843. The fourth-order valence-corrected chi connectivity index (χ4v) is 2.61. The Morgan fingerprint density at radius 2 is 1.86 bits per heavy atom. The monoisotopic (exact) mass is 343 g/mol. The second kappa shape index (κ2) is 9.19. The normalized spacial score (nSPS) is 10.8. The molecule has 0 unspecified atom stereocenters. The Morgan fingerprint density at radius 3 is 2.41 bits per heavy atom. The number of ketones is 1. The first-order valence-corrected chi connectivity index (χ1v) is 8.26. The number of allylic oxidation sites excluding steroid dienone is 1. The van der Waals surface area contributed by atoms with Crippen molar-refractivity contribution in [3.63, 3.8) is 0 Å². The lowest BCUT2D eigenvalue weighted by atomic mass is 10.0. The minimum absolute atomic E-state index is 0.193. The molecule has 0 bridgehead atoms. The van der Waals surface area contributed by atoms with Crippen LogP contribution < -0.4 is 4.74 Å². The first kappa shape index (κ1) is 19.0. The molecule has 1 aromatic rings. The second-order valence-corrected chi connectivity index (χ2v) is 5.77. The highest BCUT2D eigenvalue weighted by atomic mass is 35.5. The van der Waals surface area contributed by atoms with Gasteiger partial charge in [-0.2, -0.15) is 0 Å². The summed E-state index contributed by atoms with van der Waals surface area (Å²) < 4.78 is 5.78. The number of ether oxygens (including phenoxy) is 1. The van der Waals surface area contributed by atoms with E-state index in [1.165, 1.54) is 0 Å². The van der Waals surface area contributed by atoms with E-state index in [9.17, 15) is 4.79 Å². The quantitative estimate of drug-likeness (QED) is 0.473. The van der Waals surface area contributed by atoms with Crippen LogP contribution in [0, 0.1) is 0 Å². The predicted octanol–water partition coefficient (Wildman–Crippen LogP) is 4.86. The Hall–Kier alpha value is -1.03. The molecule has 1 aromatic carbocycles. The summed E-state index contributed by atoms with van der Waals surface area (Å²) in [4.78, 5) is 14.7. The highest BCUT2D eigenvalue weighted by Gasteiger charge is 2.20. The fraction of sp³-hybridized carbons (Fsp3) is 0.471. The van der Waals surface area contributed by atoms with Gasteiger partial charge in [0.05, 0.1) is 10.6 Å². The van der Waals surface area contributed by atoms with Gasteiger partial charge in [0.2, 0.25) is 0 Å². The smallest absolute Gasteiger partial charge is 0.193 e. The maximum atomic E-state index is 12.4. The van der Waals surface area contributed by atoms with E-state index >= 15 is 0 Å². The van der Waals surface area contributed by atoms with Crippen LogP contribution in [0.25, 0.3) is 0 Å². The van der Waals surface area contributed by atoms with Crippen molar-refractivity contribution < 1.29 is 9.53 Å². The molecule has 0 saturated heterocycles. The van der Waals surface area contributed by atoms with Crippen molar-refractivity contribution in [2.24, 2.45) is 0 Å². The van der Waals surface area contributed by atoms with Crippen molar-refractivity contribution in [3.05, 3.63) is 39.9 Å². The third-order valence-corrected chi connectivity index (χ3v) is 4.07. The van der Waals surface area contributed by atoms with Crippen molar-refractivity contribution in [2.45, 2.75) is 27.2 Å². The maximum Gasteiger partial charge on any atom is 0.193 e. The molecule has 0 aliphatic heterocycles. The van der Waals surface area contributed by atoms with E-state index in [1.54, 1.807) is 12.1 Å². The molecule has 0 aliphatic rings. The largest absolute Gasteiger partial charge is 0.491 e. The average Bonchev–Trinajstić information content (AvgIpc) is 2.49. The van der Waals surface area contributed by atoms with Crippen molar-refractivity contribution in [2.75, 3.05) is 26.2 Å². The molecule has 0 heterocycles. The molecule has 122 valence electrons. The lowest BCUT2D eigenvalue weighted by molar-refractivity contribution is 0.102. The van der Waals surface area contributed by atoms with Crippen LogP contribution >= 0.6 is 23.2 Å². The van der Waals surface area contributed by atoms with Crippen LogP contribution in [0.3, 0.4) is 0 Å². The molecule has 0 spiro atoms. The molecular formula is C17H23Cl2NO2. The third-order valence-electron chi connectivity index (χ3n) is 3.55. The van der Waals surface area contributed by atoms with Gasteiger partial charge in [0.15, 0.2) is 5.78 Å². The Kier molecular flexibility index (Phi) is 7.94. The molecule has 0 fully saturated rings. The molecule has 1 rings (SSSR count). The van der Waals surface area contributed by atoms with Crippen molar-refractivity contribution in [3.8, 4) is 5.75 Å². The summed E-state index contributed by atoms with van der Waals surface area (Å²) in [6, 6.07) is 3.18. The molecule has 22 heavy (non-hydrogen) atoms. The van der Waals surface area contributed by atoms with Gasteiger partial charge in [-0.25, -0.2) is 0 Å². The highest BCUT2D eigenvalue weighted by molar-refractivity contribution is 6.38. The number of nitrogens with zero attached hydrogens (tertiary/aromatic N) is 1. The van der Waals surface area contributed by atoms with Crippen LogP contribution in [-0.4, -0.2) is 36.9 Å². The lowest BCUT2D eigenvalue weighted by Crippen LogP contribution is -2.28. The van der Waals surface area contributed by atoms with Gasteiger partial charge in [0, 0.05) is 11.6 Å². The maximum absolute atomic E-state index is 12.4. The fourth-order valence-electron chi connectivity index (χ4n) is 2.05. The summed E-state index contributed by atoms with van der Waals surface area (Å²) in [5.74, 6) is 0.228. The van der Waals surface area contributed by atoms with E-state index in [0.717, 1.165) is 19.6 Å². The van der Waals surface area contributed by atoms with Crippen LogP contribution in [-0.2, 0) is 0 Å². The number of benzene rings is 1. The minimum atomic E-state index is -0.193. The van der Waals surface area contributed by atoms with Crippen LogP contribution in [0.4, 0.5) is 0 Å². The van der Waals surface area contributed by atoms with Crippen molar-refractivity contribution >= 4 is 29.0 Å². The number of rotatable bonds is 9. The van der Waals surface area contributed by atoms with Gasteiger partial charge in [-0.15, -0.1) is 0 Å². The molecule has 0 amide bonds. The number of carbonyl (C=O) groups is 1. The van der Waals surface area contributed by atoms with Gasteiger partial charge in [0.1, 0.15) is 12.4 Å². The molecule has 5 heteroatoms. The van der Waals surface area contributed by atoms with Gasteiger partial charge in [-0.1, -0.05) is 50.6 Å². The topological polar surface area (TPSA) is 29.5 Å². The van der Waals surface area contributed by atoms with E-state index < -0.39 is 0 Å². The zero-order chi connectivity index (χ0) is 16.7. The summed E-state index contributed by atoms with van der Waals surface area (Å²) in [6.45, 7) is 13.0. The number of carbonyl (C=O) groups excluding carboxylic acids is 1. The van der Waals surface area contributed by atoms with Crippen LogP contribution in [0.5, 0.6) is 5.75 Å². The number of hydrogen-bond acceptors (Lipinski definition) is 3. The SMILES string of the molecule is C=C(CC)C(=O)c1c(Cl)cc(Cl)cc1OCCN(CC)CC. The Labute approximate surface area is 142 Å². The van der Waals surface area contributed by atoms with Gasteiger partial charge >= 0.3 is 0 Å². The molecule has 0 saturated carbocycles. The zero-order valence-corrected chi connectivity index (χ0v) is 14.9. The summed E-state index contributed by atoms with van der Waals surface area (Å²) in [7, 11) is 0. The zero-order valence-electron chi connectivity index (χ0n) is 13.4. The van der Waals surface area contributed by atoms with E-state index in [0.29, 0.717) is 40.0 Å². The molecule has 0 atom stereocenters. The number of Topliss-reactive ketones (excluding diaryl/α,β-unsaturated/α-hetero) is 1. The summed E-state index contributed by atoms with van der Waals surface area (Å²) in [6.07, 6.45) is 0.566. The summed E-state index contributed by atoms with van der Waals surface area (Å²) in [5, 5.41) is 0.742. The standard InChI is InChI=1S/C17H23Cl2NO2/c1-5-12(4)17(21)16-14(19)10-13(18)11-15(16)22-9-8-20(6-2)7-3/h10-11H,4-9H2,1-3H3. The van der Waals surface area contributed by atoms with Crippen LogP contribution in [0.15, 0.2) is 24.3 Å². The van der Waals surface area contributed by atoms with Crippen molar-refractivity contribution in [1.82, 2.24) is 4.90 Å². The molecular weight excluding hydrogens is 321 g/mol. The van der Waals surface area contributed by atoms with E-state index in [4.69, 9.17) is 27.9 Å². The molecule has 0 aliphatic carbocycles.